The summed E-state index contributed by atoms with van der Waals surface area (Å²) in [6, 6.07) is -0.617. The number of hydrogen-bond donors (Lipinski definition) is 1. The van der Waals surface area contributed by atoms with Crippen LogP contribution in [0.5, 0.6) is 0 Å². The average molecular weight is 833 g/mol. The molecule has 344 valence electrons. The lowest BCUT2D eigenvalue weighted by Gasteiger charge is -2.31. The van der Waals surface area contributed by atoms with Crippen molar-refractivity contribution in [1.82, 2.24) is 0 Å². The number of carboxylic acids is 1. The highest BCUT2D eigenvalue weighted by atomic mass is 16.6. The second-order valence-corrected chi connectivity index (χ2v) is 17.7. The molecule has 0 aromatic rings. The summed E-state index contributed by atoms with van der Waals surface area (Å²) >= 11 is 0. The van der Waals surface area contributed by atoms with Gasteiger partial charge in [0.1, 0.15) is 6.61 Å². The minimum absolute atomic E-state index is 0.0562. The molecule has 0 saturated heterocycles. The van der Waals surface area contributed by atoms with Gasteiger partial charge in [0.25, 0.3) is 0 Å². The Bertz CT molecular complexity index is 1060. The molecule has 0 rings (SSSR count). The summed E-state index contributed by atoms with van der Waals surface area (Å²) in [5.41, 5.74) is 0. The maximum absolute atomic E-state index is 12.7. The van der Waals surface area contributed by atoms with Crippen LogP contribution in [-0.4, -0.2) is 80.6 Å². The number of carbonyl (C=O) groups excluding carboxylic acids is 2. The first kappa shape index (κ1) is 56.5. The van der Waals surface area contributed by atoms with Crippen molar-refractivity contribution in [2.45, 2.75) is 231 Å². The number of allylic oxidation sites excluding steroid dienone is 6. The van der Waals surface area contributed by atoms with Crippen LogP contribution in [0.2, 0.25) is 0 Å². The molecule has 2 unspecified atom stereocenters. The lowest BCUT2D eigenvalue weighted by atomic mass is 10.1. The average Bonchev–Trinajstić information content (AvgIpc) is 3.19. The molecule has 0 aliphatic rings. The van der Waals surface area contributed by atoms with Crippen molar-refractivity contribution in [1.29, 1.82) is 0 Å². The highest BCUT2D eigenvalue weighted by Gasteiger charge is 2.31. The minimum atomic E-state index is -0.877. The summed E-state index contributed by atoms with van der Waals surface area (Å²) < 4.78 is 17.3. The molecule has 8 nitrogen and oxygen atoms in total. The van der Waals surface area contributed by atoms with Crippen molar-refractivity contribution in [3.8, 4) is 0 Å². The normalized spacial score (nSPS) is 13.2. The topological polar surface area (TPSA) is 99.1 Å². The molecule has 0 fully saturated rings. The standard InChI is InChI=1S/C51H93NO7/c1-6-8-10-12-14-16-18-20-22-23-24-25-26-28-29-31-33-35-37-39-41-49(53)58-46-47(45-57-44-43-48(51(55)56)52(3,4)5)59-50(54)42-40-38-36-34-32-30-27-21-19-17-15-13-11-9-7-2/h15,17,19,21,24-25,47-48H,6-14,16,18,20,22-23,26-46H2,1-5H3/p+1/b17-15+,21-19+,25-24+. The zero-order valence-corrected chi connectivity index (χ0v) is 39.2. The number of aliphatic carboxylic acids is 1. The van der Waals surface area contributed by atoms with Crippen LogP contribution in [0.25, 0.3) is 0 Å². The Morgan fingerprint density at radius 2 is 0.898 bits per heavy atom. The molecule has 59 heavy (non-hydrogen) atoms. The third kappa shape index (κ3) is 40.7. The van der Waals surface area contributed by atoms with Crippen LogP contribution in [-0.2, 0) is 28.6 Å². The SMILES string of the molecule is CCCCC/C=C/C=C/CCCCCCCCC(=O)OC(COCCC(C(=O)O)[N+](C)(C)C)COC(=O)CCCCCCCCC/C=C/CCCCCCCCCCC. The predicted octanol–water partition coefficient (Wildman–Crippen LogP) is 13.8. The monoisotopic (exact) mass is 833 g/mol. The Morgan fingerprint density at radius 1 is 0.508 bits per heavy atom. The molecule has 1 N–H and O–H groups in total. The van der Waals surface area contributed by atoms with Gasteiger partial charge in [-0.05, 0) is 64.2 Å². The summed E-state index contributed by atoms with van der Waals surface area (Å²) in [7, 11) is 5.53. The van der Waals surface area contributed by atoms with Crippen LogP contribution in [0.3, 0.4) is 0 Å². The molecule has 8 heteroatoms. The number of carboxylic acid groups (broad SMARTS) is 1. The molecule has 0 aromatic carbocycles. The molecule has 2 atom stereocenters. The third-order valence-electron chi connectivity index (χ3n) is 11.0. The second-order valence-electron chi connectivity index (χ2n) is 17.7. The highest BCUT2D eigenvalue weighted by molar-refractivity contribution is 5.72. The number of quaternary nitrogens is 1. The van der Waals surface area contributed by atoms with E-state index in [2.05, 4.69) is 50.3 Å². The lowest BCUT2D eigenvalue weighted by Crippen LogP contribution is -2.50. The van der Waals surface area contributed by atoms with Crippen LogP contribution in [0.15, 0.2) is 36.5 Å². The van der Waals surface area contributed by atoms with Crippen molar-refractivity contribution in [2.75, 3.05) is 41.0 Å². The number of unbranched alkanes of at least 4 members (excludes halogenated alkanes) is 25. The van der Waals surface area contributed by atoms with E-state index in [0.29, 0.717) is 19.3 Å². The van der Waals surface area contributed by atoms with Crippen LogP contribution >= 0.6 is 0 Å². The first-order valence-corrected chi connectivity index (χ1v) is 24.5. The fraction of sp³-hybridized carbons (Fsp3) is 0.824. The fourth-order valence-electron chi connectivity index (χ4n) is 7.20. The zero-order chi connectivity index (χ0) is 43.5. The van der Waals surface area contributed by atoms with E-state index in [4.69, 9.17) is 14.2 Å². The minimum Gasteiger partial charge on any atom is -0.477 e. The van der Waals surface area contributed by atoms with Crippen LogP contribution in [0.4, 0.5) is 0 Å². The zero-order valence-electron chi connectivity index (χ0n) is 39.2. The maximum Gasteiger partial charge on any atom is 0.362 e. The van der Waals surface area contributed by atoms with Gasteiger partial charge in [-0.2, -0.15) is 0 Å². The van der Waals surface area contributed by atoms with E-state index in [9.17, 15) is 19.5 Å². The molecule has 0 spiro atoms. The quantitative estimate of drug-likeness (QED) is 0.0215. The highest BCUT2D eigenvalue weighted by Crippen LogP contribution is 2.15. The van der Waals surface area contributed by atoms with Gasteiger partial charge in [-0.25, -0.2) is 4.79 Å². The van der Waals surface area contributed by atoms with Gasteiger partial charge in [-0.15, -0.1) is 0 Å². The number of ether oxygens (including phenoxy) is 3. The fourth-order valence-corrected chi connectivity index (χ4v) is 7.20. The van der Waals surface area contributed by atoms with E-state index in [1.165, 1.54) is 128 Å². The van der Waals surface area contributed by atoms with E-state index in [1.54, 1.807) is 0 Å². The van der Waals surface area contributed by atoms with Gasteiger partial charge in [0.2, 0.25) is 0 Å². The molecule has 0 aliphatic heterocycles. The smallest absolute Gasteiger partial charge is 0.362 e. The molecular formula is C51H94NO7+. The maximum atomic E-state index is 12.7. The van der Waals surface area contributed by atoms with E-state index in [0.717, 1.165) is 57.8 Å². The first-order valence-electron chi connectivity index (χ1n) is 24.5. The van der Waals surface area contributed by atoms with Crippen LogP contribution in [0.1, 0.15) is 219 Å². The van der Waals surface area contributed by atoms with E-state index in [-0.39, 0.29) is 36.2 Å². The molecular weight excluding hydrogens is 739 g/mol. The Balaban J connectivity index is 4.27. The first-order chi connectivity index (χ1) is 28.6. The van der Waals surface area contributed by atoms with Gasteiger partial charge < -0.3 is 23.8 Å². The number of nitrogens with zero attached hydrogens (tertiary/aromatic N) is 1. The Hall–Kier alpha value is -2.45. The third-order valence-corrected chi connectivity index (χ3v) is 11.0. The summed E-state index contributed by atoms with van der Waals surface area (Å²) in [4.78, 5) is 37.1. The van der Waals surface area contributed by atoms with Crippen molar-refractivity contribution in [2.24, 2.45) is 0 Å². The number of likely N-dealkylation sites (N-methyl/N-ethyl adjacent to an activating group) is 1. The predicted molar refractivity (Wildman–Crippen MR) is 248 cm³/mol. The van der Waals surface area contributed by atoms with Crippen molar-refractivity contribution < 1.29 is 38.2 Å². The lowest BCUT2D eigenvalue weighted by molar-refractivity contribution is -0.887. The number of esters is 2. The van der Waals surface area contributed by atoms with Gasteiger partial charge in [0.15, 0.2) is 12.1 Å². The number of carbonyl (C=O) groups is 3. The van der Waals surface area contributed by atoms with Crippen LogP contribution in [0, 0.1) is 0 Å². The Kier molecular flexibility index (Phi) is 40.5. The van der Waals surface area contributed by atoms with E-state index >= 15 is 0 Å². The van der Waals surface area contributed by atoms with Gasteiger partial charge >= 0.3 is 17.9 Å². The summed E-state index contributed by atoms with van der Waals surface area (Å²) in [6.45, 7) is 4.71. The molecule has 0 amide bonds. The molecule has 0 saturated carbocycles. The van der Waals surface area contributed by atoms with Gasteiger partial charge in [-0.1, -0.05) is 172 Å². The molecule has 0 heterocycles. The largest absolute Gasteiger partial charge is 0.477 e. The second kappa shape index (κ2) is 42.2. The summed E-state index contributed by atoms with van der Waals surface area (Å²) in [5, 5.41) is 9.64. The van der Waals surface area contributed by atoms with Gasteiger partial charge in [-0.3, -0.25) is 9.59 Å². The Morgan fingerprint density at radius 3 is 1.36 bits per heavy atom. The molecule has 0 bridgehead atoms. The molecule has 0 aromatic heterocycles. The van der Waals surface area contributed by atoms with E-state index < -0.39 is 18.1 Å². The summed E-state index contributed by atoms with van der Waals surface area (Å²) in [5.74, 6) is -1.48. The number of rotatable bonds is 44. The molecule has 0 aliphatic carbocycles. The van der Waals surface area contributed by atoms with Crippen molar-refractivity contribution in [3.05, 3.63) is 36.5 Å². The van der Waals surface area contributed by atoms with Crippen molar-refractivity contribution in [3.63, 3.8) is 0 Å². The van der Waals surface area contributed by atoms with Crippen molar-refractivity contribution >= 4 is 17.9 Å². The summed E-state index contributed by atoms with van der Waals surface area (Å²) in [6.07, 6.45) is 49.0. The van der Waals surface area contributed by atoms with Crippen LogP contribution < -0.4 is 0 Å². The van der Waals surface area contributed by atoms with E-state index in [1.807, 2.05) is 21.1 Å². The number of hydrogen-bond acceptors (Lipinski definition) is 6. The Labute approximate surface area is 364 Å². The molecule has 0 radical (unpaired) electrons. The van der Waals surface area contributed by atoms with Gasteiger partial charge in [0, 0.05) is 19.3 Å². The van der Waals surface area contributed by atoms with Gasteiger partial charge in [0.05, 0.1) is 34.4 Å².